The molecule has 5 heteroatoms. The second-order valence-corrected chi connectivity index (χ2v) is 5.35. The number of aliphatic hydroxyl groups excluding tert-OH is 1. The van der Waals surface area contributed by atoms with Crippen molar-refractivity contribution in [3.8, 4) is 0 Å². The second kappa shape index (κ2) is 8.34. The minimum Gasteiger partial charge on any atom is -0.396 e. The molecule has 0 aliphatic carbocycles. The quantitative estimate of drug-likeness (QED) is 0.653. The number of nitrogens with zero attached hydrogens (tertiary/aromatic N) is 1. The number of nitrogens with one attached hydrogen (secondary N) is 2. The second-order valence-electron chi connectivity index (χ2n) is 5.35. The highest BCUT2D eigenvalue weighted by Crippen LogP contribution is 2.09. The van der Waals surface area contributed by atoms with Crippen LogP contribution in [0.2, 0.25) is 0 Å². The van der Waals surface area contributed by atoms with Crippen LogP contribution >= 0.6 is 0 Å². The molecule has 0 radical (unpaired) electrons. The summed E-state index contributed by atoms with van der Waals surface area (Å²) in [4.78, 5) is 19.5. The van der Waals surface area contributed by atoms with Crippen molar-refractivity contribution in [2.75, 3.05) is 18.5 Å². The lowest BCUT2D eigenvalue weighted by molar-refractivity contribution is 0.283. The predicted octanol–water partition coefficient (Wildman–Crippen LogP) is 2.24. The fourth-order valence-electron chi connectivity index (χ4n) is 2.32. The van der Waals surface area contributed by atoms with Crippen LogP contribution in [0.3, 0.4) is 0 Å². The van der Waals surface area contributed by atoms with Crippen LogP contribution in [0.5, 0.6) is 0 Å². The van der Waals surface area contributed by atoms with Gasteiger partial charge in [0.2, 0.25) is 5.95 Å². The number of H-pyrrole nitrogens is 1. The maximum absolute atomic E-state index is 12.2. The molecule has 0 amide bonds. The van der Waals surface area contributed by atoms with E-state index < -0.39 is 0 Å². The van der Waals surface area contributed by atoms with E-state index in [1.807, 2.05) is 37.3 Å². The molecule has 1 aromatic heterocycles. The number of anilines is 1. The van der Waals surface area contributed by atoms with E-state index in [0.717, 1.165) is 37.1 Å². The van der Waals surface area contributed by atoms with Gasteiger partial charge in [-0.15, -0.1) is 0 Å². The Hall–Kier alpha value is -2.14. The third-order valence-electron chi connectivity index (χ3n) is 3.57. The zero-order valence-electron chi connectivity index (χ0n) is 12.9. The number of aromatic amines is 1. The molecule has 22 heavy (non-hydrogen) atoms. The van der Waals surface area contributed by atoms with Crippen LogP contribution < -0.4 is 10.9 Å². The fraction of sp³-hybridized carbons (Fsp3) is 0.412. The Bertz CT molecular complexity index is 638. The van der Waals surface area contributed by atoms with Crippen molar-refractivity contribution in [2.24, 2.45) is 0 Å². The van der Waals surface area contributed by atoms with Crippen molar-refractivity contribution in [3.63, 3.8) is 0 Å². The summed E-state index contributed by atoms with van der Waals surface area (Å²) in [5.41, 5.74) is 2.47. The molecule has 0 aliphatic rings. The molecular formula is C17H23N3O2. The molecule has 0 bridgehead atoms. The number of benzene rings is 1. The summed E-state index contributed by atoms with van der Waals surface area (Å²) >= 11 is 0. The Kier molecular flexibility index (Phi) is 6.15. The summed E-state index contributed by atoms with van der Waals surface area (Å²) in [5, 5.41) is 11.9. The van der Waals surface area contributed by atoms with Crippen molar-refractivity contribution < 1.29 is 5.11 Å². The topological polar surface area (TPSA) is 78.0 Å². The van der Waals surface area contributed by atoms with Gasteiger partial charge in [-0.3, -0.25) is 9.78 Å². The van der Waals surface area contributed by atoms with E-state index in [1.54, 1.807) is 0 Å². The van der Waals surface area contributed by atoms with Gasteiger partial charge in [0.15, 0.2) is 0 Å². The van der Waals surface area contributed by atoms with Crippen molar-refractivity contribution >= 4 is 5.95 Å². The third-order valence-corrected chi connectivity index (χ3v) is 3.57. The van der Waals surface area contributed by atoms with Crippen molar-refractivity contribution in [2.45, 2.75) is 32.6 Å². The van der Waals surface area contributed by atoms with Gasteiger partial charge < -0.3 is 10.4 Å². The first-order valence-corrected chi connectivity index (χ1v) is 7.69. The van der Waals surface area contributed by atoms with Crippen molar-refractivity contribution in [3.05, 3.63) is 57.5 Å². The van der Waals surface area contributed by atoms with Gasteiger partial charge in [-0.2, -0.15) is 0 Å². The molecule has 1 aromatic carbocycles. The predicted molar refractivity (Wildman–Crippen MR) is 88.3 cm³/mol. The normalized spacial score (nSPS) is 10.6. The maximum Gasteiger partial charge on any atom is 0.256 e. The van der Waals surface area contributed by atoms with Gasteiger partial charge in [-0.05, 0) is 31.7 Å². The lowest BCUT2D eigenvalue weighted by Gasteiger charge is -2.09. The number of aliphatic hydroxyl groups is 1. The number of unbranched alkanes of at least 4 members (excludes halogenated alkanes) is 2. The van der Waals surface area contributed by atoms with Gasteiger partial charge in [0.1, 0.15) is 0 Å². The molecule has 5 nitrogen and oxygen atoms in total. The minimum absolute atomic E-state index is 0.0887. The van der Waals surface area contributed by atoms with Crippen molar-refractivity contribution in [1.82, 2.24) is 9.97 Å². The molecule has 0 aliphatic heterocycles. The number of rotatable bonds is 8. The van der Waals surface area contributed by atoms with Crippen LogP contribution in [0.25, 0.3) is 0 Å². The molecule has 0 atom stereocenters. The van der Waals surface area contributed by atoms with E-state index in [9.17, 15) is 4.79 Å². The van der Waals surface area contributed by atoms with Crippen LogP contribution in [-0.2, 0) is 6.42 Å². The highest BCUT2D eigenvalue weighted by Gasteiger charge is 2.08. The smallest absolute Gasteiger partial charge is 0.256 e. The molecule has 0 spiro atoms. The molecule has 0 saturated carbocycles. The summed E-state index contributed by atoms with van der Waals surface area (Å²) in [6, 6.07) is 9.91. The van der Waals surface area contributed by atoms with Gasteiger partial charge in [0.25, 0.3) is 5.56 Å². The van der Waals surface area contributed by atoms with E-state index in [1.165, 1.54) is 0 Å². The largest absolute Gasteiger partial charge is 0.396 e. The van der Waals surface area contributed by atoms with Crippen LogP contribution in [0.4, 0.5) is 5.95 Å². The lowest BCUT2D eigenvalue weighted by Crippen LogP contribution is -2.20. The molecular weight excluding hydrogens is 278 g/mol. The Morgan fingerprint density at radius 2 is 1.95 bits per heavy atom. The lowest BCUT2D eigenvalue weighted by atomic mass is 10.1. The first-order chi connectivity index (χ1) is 10.7. The highest BCUT2D eigenvalue weighted by molar-refractivity contribution is 5.32. The summed E-state index contributed by atoms with van der Waals surface area (Å²) in [6.45, 7) is 2.83. The SMILES string of the molecule is Cc1nc(NCCCCCO)[nH]c(=O)c1Cc1ccccc1. The van der Waals surface area contributed by atoms with Crippen LogP contribution in [-0.4, -0.2) is 28.2 Å². The molecule has 2 aromatic rings. The fourth-order valence-corrected chi connectivity index (χ4v) is 2.32. The minimum atomic E-state index is -0.0887. The number of hydrogen-bond acceptors (Lipinski definition) is 4. The average molecular weight is 301 g/mol. The van der Waals surface area contributed by atoms with Crippen LogP contribution in [0.1, 0.15) is 36.1 Å². The van der Waals surface area contributed by atoms with Crippen molar-refractivity contribution in [1.29, 1.82) is 0 Å². The third kappa shape index (κ3) is 4.70. The molecule has 1 heterocycles. The molecule has 0 fully saturated rings. The average Bonchev–Trinajstić information content (AvgIpc) is 2.52. The first kappa shape index (κ1) is 16.2. The molecule has 0 saturated heterocycles. The molecule has 3 N–H and O–H groups in total. The standard InChI is InChI=1S/C17H23N3O2/c1-13-15(12-14-8-4-2-5-9-14)16(22)20-17(19-13)18-10-6-3-7-11-21/h2,4-5,8-9,21H,3,6-7,10-12H2,1H3,(H2,18,19,20,22). The summed E-state index contributed by atoms with van der Waals surface area (Å²) in [7, 11) is 0. The van der Waals surface area contributed by atoms with Gasteiger partial charge in [0, 0.05) is 25.1 Å². The van der Waals surface area contributed by atoms with E-state index >= 15 is 0 Å². The van der Waals surface area contributed by atoms with Gasteiger partial charge >= 0.3 is 0 Å². The summed E-state index contributed by atoms with van der Waals surface area (Å²) < 4.78 is 0. The zero-order valence-corrected chi connectivity index (χ0v) is 12.9. The Labute approximate surface area is 130 Å². The summed E-state index contributed by atoms with van der Waals surface area (Å²) in [5.74, 6) is 0.517. The van der Waals surface area contributed by atoms with Crippen LogP contribution in [0.15, 0.2) is 35.1 Å². The number of aryl methyl sites for hydroxylation is 1. The Balaban J connectivity index is 2.01. The number of aromatic nitrogens is 2. The first-order valence-electron chi connectivity index (χ1n) is 7.69. The molecule has 118 valence electrons. The van der Waals surface area contributed by atoms with E-state index in [2.05, 4.69) is 15.3 Å². The van der Waals surface area contributed by atoms with Crippen LogP contribution in [0, 0.1) is 6.92 Å². The van der Waals surface area contributed by atoms with Gasteiger partial charge in [0.05, 0.1) is 5.69 Å². The van der Waals surface area contributed by atoms with E-state index in [4.69, 9.17) is 5.11 Å². The number of hydrogen-bond donors (Lipinski definition) is 3. The summed E-state index contributed by atoms with van der Waals surface area (Å²) in [6.07, 6.45) is 3.29. The zero-order chi connectivity index (χ0) is 15.8. The Morgan fingerprint density at radius 1 is 1.18 bits per heavy atom. The molecule has 0 unspecified atom stereocenters. The maximum atomic E-state index is 12.2. The van der Waals surface area contributed by atoms with E-state index in [0.29, 0.717) is 17.9 Å². The highest BCUT2D eigenvalue weighted by atomic mass is 16.2. The van der Waals surface area contributed by atoms with Gasteiger partial charge in [-0.25, -0.2) is 4.98 Å². The van der Waals surface area contributed by atoms with E-state index in [-0.39, 0.29) is 12.2 Å². The monoisotopic (exact) mass is 301 g/mol. The molecule has 2 rings (SSSR count). The van der Waals surface area contributed by atoms with Gasteiger partial charge in [-0.1, -0.05) is 30.3 Å². The Morgan fingerprint density at radius 3 is 2.64 bits per heavy atom.